The van der Waals surface area contributed by atoms with Crippen LogP contribution in [-0.4, -0.2) is 35.5 Å². The number of fused-ring (bicyclic) bond motifs is 1. The molecule has 0 amide bonds. The van der Waals surface area contributed by atoms with Gasteiger partial charge in [-0.2, -0.15) is 4.37 Å². The van der Waals surface area contributed by atoms with Crippen molar-refractivity contribution in [2.24, 2.45) is 0 Å². The molecule has 2 aromatic rings. The summed E-state index contributed by atoms with van der Waals surface area (Å²) in [6.45, 7) is 2.26. The molecule has 3 nitrogen and oxygen atoms in total. The monoisotopic (exact) mass is 261 g/mol. The molecule has 2 heterocycles. The molecule has 1 aromatic carbocycles. The minimum absolute atomic E-state index is 0.666. The zero-order chi connectivity index (χ0) is 12.4. The molecule has 1 unspecified atom stereocenters. The van der Waals surface area contributed by atoms with Crippen molar-refractivity contribution < 1.29 is 0 Å². The molecule has 1 aliphatic heterocycles. The number of hydrogen-bond donors (Lipinski definition) is 1. The standard InChI is InChI=1S/C14H19N3S/c1-17-9-5-4-6-11(17)10-15-14-12-7-2-3-8-13(12)16-18-14/h2-3,7-8,11,15H,4-6,9-10H2,1H3. The molecule has 96 valence electrons. The number of aromatic nitrogens is 1. The van der Waals surface area contributed by atoms with E-state index in [9.17, 15) is 0 Å². The van der Waals surface area contributed by atoms with Crippen LogP contribution >= 0.6 is 11.5 Å². The molecule has 0 spiro atoms. The number of rotatable bonds is 3. The molecule has 3 rings (SSSR count). The van der Waals surface area contributed by atoms with E-state index in [4.69, 9.17) is 0 Å². The molecule has 1 fully saturated rings. The highest BCUT2D eigenvalue weighted by atomic mass is 32.1. The van der Waals surface area contributed by atoms with Crippen molar-refractivity contribution in [2.45, 2.75) is 25.3 Å². The fraction of sp³-hybridized carbons (Fsp3) is 0.500. The van der Waals surface area contributed by atoms with Crippen molar-refractivity contribution in [1.29, 1.82) is 0 Å². The van der Waals surface area contributed by atoms with E-state index in [0.717, 1.165) is 12.1 Å². The second kappa shape index (κ2) is 5.24. The molecular weight excluding hydrogens is 242 g/mol. The Balaban J connectivity index is 1.69. The predicted octanol–water partition coefficient (Wildman–Crippen LogP) is 3.19. The second-order valence-corrected chi connectivity index (χ2v) is 5.81. The number of nitrogens with zero attached hydrogens (tertiary/aromatic N) is 2. The number of anilines is 1. The fourth-order valence-electron chi connectivity index (χ4n) is 2.63. The minimum atomic E-state index is 0.666. The van der Waals surface area contributed by atoms with Gasteiger partial charge in [-0.1, -0.05) is 18.6 Å². The third-order valence-corrected chi connectivity index (χ3v) is 4.64. The summed E-state index contributed by atoms with van der Waals surface area (Å²) >= 11 is 1.57. The van der Waals surface area contributed by atoms with Gasteiger partial charge in [0.05, 0.1) is 5.52 Å². The summed E-state index contributed by atoms with van der Waals surface area (Å²) in [5.41, 5.74) is 1.10. The molecule has 1 saturated heterocycles. The van der Waals surface area contributed by atoms with Gasteiger partial charge in [0.1, 0.15) is 5.00 Å². The predicted molar refractivity (Wildman–Crippen MR) is 78.4 cm³/mol. The summed E-state index contributed by atoms with van der Waals surface area (Å²) < 4.78 is 4.47. The Hall–Kier alpha value is -1.13. The van der Waals surface area contributed by atoms with E-state index < -0.39 is 0 Å². The highest BCUT2D eigenvalue weighted by Gasteiger charge is 2.18. The van der Waals surface area contributed by atoms with Crippen LogP contribution in [-0.2, 0) is 0 Å². The first-order chi connectivity index (χ1) is 8.84. The summed E-state index contributed by atoms with van der Waals surface area (Å²) in [7, 11) is 2.23. The number of likely N-dealkylation sites (tertiary alicyclic amines) is 1. The molecule has 0 radical (unpaired) electrons. The Bertz CT molecular complexity index is 522. The zero-order valence-electron chi connectivity index (χ0n) is 10.7. The summed E-state index contributed by atoms with van der Waals surface area (Å²) in [6, 6.07) is 9.00. The van der Waals surface area contributed by atoms with Crippen LogP contribution in [0.2, 0.25) is 0 Å². The van der Waals surface area contributed by atoms with Crippen LogP contribution in [0.25, 0.3) is 10.9 Å². The number of piperidine rings is 1. The summed E-state index contributed by atoms with van der Waals surface area (Å²) in [6.07, 6.45) is 4.01. The quantitative estimate of drug-likeness (QED) is 0.919. The van der Waals surface area contributed by atoms with Crippen molar-refractivity contribution >= 4 is 27.4 Å². The van der Waals surface area contributed by atoms with E-state index in [1.165, 1.54) is 36.2 Å². The van der Waals surface area contributed by atoms with Gasteiger partial charge in [0.25, 0.3) is 0 Å². The third kappa shape index (κ3) is 2.35. The first kappa shape index (κ1) is 11.9. The van der Waals surface area contributed by atoms with Crippen LogP contribution < -0.4 is 5.32 Å². The van der Waals surface area contributed by atoms with E-state index in [0.29, 0.717) is 6.04 Å². The van der Waals surface area contributed by atoms with Gasteiger partial charge in [0.2, 0.25) is 0 Å². The highest BCUT2D eigenvalue weighted by molar-refractivity contribution is 7.11. The Labute approximate surface area is 112 Å². The van der Waals surface area contributed by atoms with E-state index in [2.05, 4.69) is 39.8 Å². The zero-order valence-corrected chi connectivity index (χ0v) is 11.5. The van der Waals surface area contributed by atoms with Gasteiger partial charge >= 0.3 is 0 Å². The number of nitrogens with one attached hydrogen (secondary N) is 1. The van der Waals surface area contributed by atoms with Crippen molar-refractivity contribution in [3.05, 3.63) is 24.3 Å². The lowest BCUT2D eigenvalue weighted by Gasteiger charge is -2.32. The van der Waals surface area contributed by atoms with Crippen molar-refractivity contribution in [2.75, 3.05) is 25.5 Å². The molecule has 1 N–H and O–H groups in total. The molecule has 1 aromatic heterocycles. The van der Waals surface area contributed by atoms with Crippen LogP contribution in [0, 0.1) is 0 Å². The van der Waals surface area contributed by atoms with Gasteiger partial charge in [-0.3, -0.25) is 0 Å². The summed E-state index contributed by atoms with van der Waals surface area (Å²) in [4.78, 5) is 2.47. The minimum Gasteiger partial charge on any atom is -0.374 e. The number of likely N-dealkylation sites (N-methyl/N-ethyl adjacent to an activating group) is 1. The van der Waals surface area contributed by atoms with Gasteiger partial charge in [-0.25, -0.2) is 0 Å². The van der Waals surface area contributed by atoms with Gasteiger partial charge < -0.3 is 10.2 Å². The lowest BCUT2D eigenvalue weighted by molar-refractivity contribution is 0.195. The number of benzene rings is 1. The van der Waals surface area contributed by atoms with Crippen LogP contribution in [0.5, 0.6) is 0 Å². The summed E-state index contributed by atoms with van der Waals surface area (Å²) in [5.74, 6) is 0. The van der Waals surface area contributed by atoms with E-state index in [-0.39, 0.29) is 0 Å². The van der Waals surface area contributed by atoms with Crippen LogP contribution in [0.1, 0.15) is 19.3 Å². The maximum atomic E-state index is 4.47. The topological polar surface area (TPSA) is 28.2 Å². The largest absolute Gasteiger partial charge is 0.374 e. The SMILES string of the molecule is CN1CCCCC1CNc1snc2ccccc12. The smallest absolute Gasteiger partial charge is 0.117 e. The van der Waals surface area contributed by atoms with Crippen molar-refractivity contribution in [3.8, 4) is 0 Å². The molecule has 0 saturated carbocycles. The molecule has 18 heavy (non-hydrogen) atoms. The van der Waals surface area contributed by atoms with Gasteiger partial charge in [-0.15, -0.1) is 0 Å². The number of hydrogen-bond acceptors (Lipinski definition) is 4. The van der Waals surface area contributed by atoms with Crippen LogP contribution in [0.4, 0.5) is 5.00 Å². The van der Waals surface area contributed by atoms with E-state index in [1.54, 1.807) is 11.5 Å². The lowest BCUT2D eigenvalue weighted by atomic mass is 10.0. The molecule has 1 aliphatic rings. The molecule has 1 atom stereocenters. The second-order valence-electron chi connectivity index (χ2n) is 5.04. The van der Waals surface area contributed by atoms with E-state index >= 15 is 0 Å². The third-order valence-electron chi connectivity index (χ3n) is 3.80. The summed E-state index contributed by atoms with van der Waals surface area (Å²) in [5, 5.41) is 6.05. The van der Waals surface area contributed by atoms with Gasteiger partial charge in [0.15, 0.2) is 0 Å². The normalized spacial score (nSPS) is 21.3. The first-order valence-electron chi connectivity index (χ1n) is 6.63. The Kier molecular flexibility index (Phi) is 3.48. The lowest BCUT2D eigenvalue weighted by Crippen LogP contribution is -2.40. The average Bonchev–Trinajstić information content (AvgIpc) is 2.81. The molecule has 0 aliphatic carbocycles. The van der Waals surface area contributed by atoms with Crippen molar-refractivity contribution in [1.82, 2.24) is 9.27 Å². The maximum Gasteiger partial charge on any atom is 0.117 e. The van der Waals surface area contributed by atoms with Crippen LogP contribution in [0.15, 0.2) is 24.3 Å². The Morgan fingerprint density at radius 3 is 3.17 bits per heavy atom. The van der Waals surface area contributed by atoms with Crippen molar-refractivity contribution in [3.63, 3.8) is 0 Å². The van der Waals surface area contributed by atoms with Gasteiger partial charge in [0, 0.05) is 18.0 Å². The highest BCUT2D eigenvalue weighted by Crippen LogP contribution is 2.27. The van der Waals surface area contributed by atoms with E-state index in [1.807, 2.05) is 6.07 Å². The molecule has 4 heteroatoms. The maximum absolute atomic E-state index is 4.47. The Morgan fingerprint density at radius 2 is 2.28 bits per heavy atom. The Morgan fingerprint density at radius 1 is 1.39 bits per heavy atom. The molecular formula is C14H19N3S. The van der Waals surface area contributed by atoms with Crippen LogP contribution in [0.3, 0.4) is 0 Å². The van der Waals surface area contributed by atoms with Gasteiger partial charge in [-0.05, 0) is 50.1 Å². The fourth-order valence-corrected chi connectivity index (χ4v) is 3.40. The molecule has 0 bridgehead atoms. The average molecular weight is 261 g/mol. The first-order valence-corrected chi connectivity index (χ1v) is 7.40.